The standard InChI is InChI=1S/C74H144O17P2/c1-6-10-13-16-19-22-25-27-28-29-30-33-40-45-50-55-60-74(79)91-70(64-85-72(77)58-53-48-43-38-35-34-36-41-46-51-56-67(5)9-4)66-89-93(82,83)87-62-68(75)61-86-92(80,81)88-65-69(63-84-71(76)57-52-47-42-37-31-24-21-18-15-12-8-3)90-73(78)59-54-49-44-39-32-26-23-20-17-14-11-7-2/h67-70,75H,6-66H2,1-5H3,(H,80,81)(H,82,83)/t67?,68-,69+,70+/m0/s1. The molecular formula is C74H144O17P2. The van der Waals surface area contributed by atoms with Crippen LogP contribution in [0, 0.1) is 5.92 Å². The third-order valence-corrected chi connectivity index (χ3v) is 19.5. The maximum atomic E-state index is 13.1. The molecular weight excluding hydrogens is 1220 g/mol. The van der Waals surface area contributed by atoms with Crippen molar-refractivity contribution in [1.82, 2.24) is 0 Å². The van der Waals surface area contributed by atoms with E-state index in [1.54, 1.807) is 0 Å². The first-order chi connectivity index (χ1) is 45.1. The number of hydrogen-bond acceptors (Lipinski definition) is 15. The fourth-order valence-corrected chi connectivity index (χ4v) is 12.9. The fraction of sp³-hybridized carbons (Fsp3) is 0.946. The lowest BCUT2D eigenvalue weighted by Gasteiger charge is -2.21. The Kier molecular flexibility index (Phi) is 65.9. The molecule has 0 saturated carbocycles. The van der Waals surface area contributed by atoms with Crippen molar-refractivity contribution in [2.24, 2.45) is 5.92 Å². The molecule has 0 rings (SSSR count). The van der Waals surface area contributed by atoms with E-state index in [1.807, 2.05) is 0 Å². The lowest BCUT2D eigenvalue weighted by molar-refractivity contribution is -0.161. The number of aliphatic hydroxyl groups excluding tert-OH is 1. The summed E-state index contributed by atoms with van der Waals surface area (Å²) in [6.45, 7) is 7.31. The average Bonchev–Trinajstić information content (AvgIpc) is 3.36. The molecule has 93 heavy (non-hydrogen) atoms. The van der Waals surface area contributed by atoms with Gasteiger partial charge in [0.25, 0.3) is 0 Å². The normalized spacial score (nSPS) is 14.3. The highest BCUT2D eigenvalue weighted by molar-refractivity contribution is 7.47. The van der Waals surface area contributed by atoms with Gasteiger partial charge >= 0.3 is 39.5 Å². The summed E-state index contributed by atoms with van der Waals surface area (Å²) in [6, 6.07) is 0. The van der Waals surface area contributed by atoms with Crippen molar-refractivity contribution in [3.8, 4) is 0 Å². The van der Waals surface area contributed by atoms with Crippen molar-refractivity contribution < 1.29 is 80.2 Å². The first-order valence-electron chi connectivity index (χ1n) is 38.7. The molecule has 0 heterocycles. The minimum absolute atomic E-state index is 0.108. The molecule has 3 N–H and O–H groups in total. The Morgan fingerprint density at radius 2 is 0.516 bits per heavy atom. The van der Waals surface area contributed by atoms with E-state index in [1.165, 1.54) is 212 Å². The Balaban J connectivity index is 5.25. The summed E-state index contributed by atoms with van der Waals surface area (Å²) in [6.07, 6.45) is 55.2. The van der Waals surface area contributed by atoms with Crippen LogP contribution in [-0.2, 0) is 65.4 Å². The summed E-state index contributed by atoms with van der Waals surface area (Å²) in [5.74, 6) is -1.30. The van der Waals surface area contributed by atoms with E-state index in [4.69, 9.17) is 37.0 Å². The Labute approximate surface area is 568 Å². The van der Waals surface area contributed by atoms with Crippen LogP contribution >= 0.6 is 15.6 Å². The van der Waals surface area contributed by atoms with E-state index in [0.717, 1.165) is 95.8 Å². The van der Waals surface area contributed by atoms with Gasteiger partial charge in [-0.2, -0.15) is 0 Å². The van der Waals surface area contributed by atoms with E-state index in [9.17, 15) is 43.2 Å². The van der Waals surface area contributed by atoms with Gasteiger partial charge in [0.2, 0.25) is 0 Å². The quantitative estimate of drug-likeness (QED) is 0.0222. The Morgan fingerprint density at radius 1 is 0.301 bits per heavy atom. The summed E-state index contributed by atoms with van der Waals surface area (Å²) in [5, 5.41) is 10.6. The van der Waals surface area contributed by atoms with E-state index < -0.39 is 97.5 Å². The Bertz CT molecular complexity index is 1790. The molecule has 0 aromatic rings. The van der Waals surface area contributed by atoms with Gasteiger partial charge in [-0.1, -0.05) is 336 Å². The molecule has 0 fully saturated rings. The molecule has 17 nitrogen and oxygen atoms in total. The molecule has 6 atom stereocenters. The lowest BCUT2D eigenvalue weighted by Crippen LogP contribution is -2.30. The minimum atomic E-state index is -4.95. The molecule has 0 saturated heterocycles. The van der Waals surface area contributed by atoms with Crippen LogP contribution in [-0.4, -0.2) is 96.7 Å². The molecule has 0 radical (unpaired) electrons. The number of aliphatic hydroxyl groups is 1. The topological polar surface area (TPSA) is 237 Å². The predicted molar refractivity (Wildman–Crippen MR) is 377 cm³/mol. The number of hydrogen-bond donors (Lipinski definition) is 3. The average molecular weight is 1370 g/mol. The van der Waals surface area contributed by atoms with Crippen LogP contribution in [0.4, 0.5) is 0 Å². The second kappa shape index (κ2) is 67.3. The molecule has 0 aromatic heterocycles. The SMILES string of the molecule is CCCCCCCCCCCCCCCCCCC(=O)O[C@H](COC(=O)CCCCCCCCCCCCC(C)CC)COP(=O)(O)OC[C@@H](O)COP(=O)(O)OC[C@@H](COC(=O)CCCCCCCCCCCCC)OC(=O)CCCCCCCCCCCCCC. The van der Waals surface area contributed by atoms with Gasteiger partial charge in [0.1, 0.15) is 19.3 Å². The van der Waals surface area contributed by atoms with Crippen LogP contribution in [0.1, 0.15) is 388 Å². The molecule has 0 amide bonds. The number of phosphoric ester groups is 2. The molecule has 0 spiro atoms. The largest absolute Gasteiger partial charge is 0.472 e. The zero-order chi connectivity index (χ0) is 68.4. The number of phosphoric acid groups is 2. The Morgan fingerprint density at radius 3 is 0.763 bits per heavy atom. The second-order valence-corrected chi connectivity index (χ2v) is 29.8. The van der Waals surface area contributed by atoms with Gasteiger partial charge in [-0.3, -0.25) is 37.3 Å². The van der Waals surface area contributed by atoms with Gasteiger partial charge in [-0.25, -0.2) is 9.13 Å². The van der Waals surface area contributed by atoms with Crippen LogP contribution in [0.5, 0.6) is 0 Å². The number of ether oxygens (including phenoxy) is 4. The first kappa shape index (κ1) is 91.1. The third-order valence-electron chi connectivity index (χ3n) is 17.6. The van der Waals surface area contributed by atoms with Crippen molar-refractivity contribution in [1.29, 1.82) is 0 Å². The van der Waals surface area contributed by atoms with E-state index in [2.05, 4.69) is 34.6 Å². The van der Waals surface area contributed by atoms with Gasteiger partial charge in [-0.05, 0) is 31.6 Å². The second-order valence-electron chi connectivity index (χ2n) is 26.9. The molecule has 0 aromatic carbocycles. The van der Waals surface area contributed by atoms with Crippen molar-refractivity contribution in [3.63, 3.8) is 0 Å². The summed E-state index contributed by atoms with van der Waals surface area (Å²) >= 11 is 0. The van der Waals surface area contributed by atoms with Crippen molar-refractivity contribution in [2.45, 2.75) is 406 Å². The fourth-order valence-electron chi connectivity index (χ4n) is 11.3. The zero-order valence-electron chi connectivity index (χ0n) is 60.4. The van der Waals surface area contributed by atoms with Gasteiger partial charge in [0, 0.05) is 25.7 Å². The van der Waals surface area contributed by atoms with Crippen molar-refractivity contribution in [3.05, 3.63) is 0 Å². The van der Waals surface area contributed by atoms with Gasteiger partial charge in [0.15, 0.2) is 12.2 Å². The molecule has 0 bridgehead atoms. The van der Waals surface area contributed by atoms with Crippen LogP contribution < -0.4 is 0 Å². The highest BCUT2D eigenvalue weighted by Gasteiger charge is 2.30. The minimum Gasteiger partial charge on any atom is -0.462 e. The van der Waals surface area contributed by atoms with Crippen LogP contribution in [0.3, 0.4) is 0 Å². The number of unbranched alkanes of at least 4 members (excludes halogenated alkanes) is 45. The Hall–Kier alpha value is -1.94. The summed E-state index contributed by atoms with van der Waals surface area (Å²) in [5.41, 5.74) is 0. The molecule has 3 unspecified atom stereocenters. The van der Waals surface area contributed by atoms with Crippen molar-refractivity contribution in [2.75, 3.05) is 39.6 Å². The van der Waals surface area contributed by atoms with E-state index in [-0.39, 0.29) is 25.7 Å². The van der Waals surface area contributed by atoms with Gasteiger partial charge in [0.05, 0.1) is 26.4 Å². The maximum absolute atomic E-state index is 13.1. The smallest absolute Gasteiger partial charge is 0.462 e. The highest BCUT2D eigenvalue weighted by atomic mass is 31.2. The zero-order valence-corrected chi connectivity index (χ0v) is 62.2. The van der Waals surface area contributed by atoms with Crippen LogP contribution in [0.2, 0.25) is 0 Å². The van der Waals surface area contributed by atoms with E-state index in [0.29, 0.717) is 25.7 Å². The summed E-state index contributed by atoms with van der Waals surface area (Å²) < 4.78 is 68.5. The van der Waals surface area contributed by atoms with Crippen LogP contribution in [0.15, 0.2) is 0 Å². The van der Waals surface area contributed by atoms with Gasteiger partial charge in [-0.15, -0.1) is 0 Å². The highest BCUT2D eigenvalue weighted by Crippen LogP contribution is 2.45. The monoisotopic (exact) mass is 1370 g/mol. The summed E-state index contributed by atoms with van der Waals surface area (Å²) in [7, 11) is -9.91. The van der Waals surface area contributed by atoms with Crippen LogP contribution in [0.25, 0.3) is 0 Å². The summed E-state index contributed by atoms with van der Waals surface area (Å²) in [4.78, 5) is 72.7. The predicted octanol–water partition coefficient (Wildman–Crippen LogP) is 21.7. The van der Waals surface area contributed by atoms with Crippen molar-refractivity contribution >= 4 is 39.5 Å². The molecule has 552 valence electrons. The molecule has 19 heteroatoms. The molecule has 0 aliphatic rings. The maximum Gasteiger partial charge on any atom is 0.472 e. The number of carbonyl (C=O) groups is 4. The van der Waals surface area contributed by atoms with Gasteiger partial charge < -0.3 is 33.8 Å². The first-order valence-corrected chi connectivity index (χ1v) is 41.7. The third kappa shape index (κ3) is 67.0. The van der Waals surface area contributed by atoms with E-state index >= 15 is 0 Å². The number of esters is 4. The number of rotatable bonds is 74. The lowest BCUT2D eigenvalue weighted by atomic mass is 9.99. The molecule has 0 aliphatic heterocycles. The molecule has 0 aliphatic carbocycles. The number of carbonyl (C=O) groups excluding carboxylic acids is 4.